The molecule has 0 radical (unpaired) electrons. The van der Waals surface area contributed by atoms with Crippen molar-refractivity contribution in [1.82, 2.24) is 9.78 Å². The minimum Gasteiger partial charge on any atom is -0.402 e. The Balaban J connectivity index is 1.97. The highest BCUT2D eigenvalue weighted by Crippen LogP contribution is 2.20. The summed E-state index contributed by atoms with van der Waals surface area (Å²) in [5.41, 5.74) is 11.7. The summed E-state index contributed by atoms with van der Waals surface area (Å²) in [5, 5.41) is 6.90. The number of hydrogen-bond donors (Lipinski definition) is 1. The lowest BCUT2D eigenvalue weighted by atomic mass is 10.0. The maximum absolute atomic E-state index is 6.26. The first-order chi connectivity index (χ1) is 14.0. The van der Waals surface area contributed by atoms with E-state index in [-0.39, 0.29) is 0 Å². The third-order valence-electron chi connectivity index (χ3n) is 5.59. The standard InChI is InChI=1S/C26H33N3/c1-5-7-13-24(6-2)29-20(4)25(19(3)27)26(28-29)23-16-14-22(15-17-23)18-21-11-9-8-10-12-21/h8-12,14-17,24H,4-7,13,18,27H2,1-3H3/b25-19-/t24-/m0/s1. The quantitative estimate of drug-likeness (QED) is 0.604. The zero-order valence-corrected chi connectivity index (χ0v) is 18.0. The van der Waals surface area contributed by atoms with Crippen LogP contribution in [0.3, 0.4) is 0 Å². The van der Waals surface area contributed by atoms with E-state index in [1.54, 1.807) is 0 Å². The normalized spacial score (nSPS) is 13.3. The SMILES string of the molecule is C=c1/c(=C(\C)N)c(-c2ccc(Cc3ccccc3)cc2)nn1[C@@H](CC)CCCC. The Morgan fingerprint density at radius 2 is 1.69 bits per heavy atom. The molecule has 3 aromatic rings. The molecule has 1 heterocycles. The summed E-state index contributed by atoms with van der Waals surface area (Å²) < 4.78 is 2.11. The van der Waals surface area contributed by atoms with Crippen LogP contribution in [0.4, 0.5) is 0 Å². The summed E-state index contributed by atoms with van der Waals surface area (Å²) in [4.78, 5) is 0. The molecule has 2 N–H and O–H groups in total. The Hall–Kier alpha value is -2.81. The lowest BCUT2D eigenvalue weighted by Gasteiger charge is -2.15. The van der Waals surface area contributed by atoms with Crippen LogP contribution in [-0.4, -0.2) is 9.78 Å². The fraction of sp³-hybridized carbons (Fsp3) is 0.346. The highest BCUT2D eigenvalue weighted by atomic mass is 15.3. The Kier molecular flexibility index (Phi) is 6.92. The maximum Gasteiger partial charge on any atom is 0.102 e. The lowest BCUT2D eigenvalue weighted by molar-refractivity contribution is 0.393. The van der Waals surface area contributed by atoms with Crippen molar-refractivity contribution in [3.63, 3.8) is 0 Å². The highest BCUT2D eigenvalue weighted by Gasteiger charge is 2.16. The second-order valence-electron chi connectivity index (χ2n) is 7.86. The van der Waals surface area contributed by atoms with Gasteiger partial charge in [-0.05, 0) is 37.3 Å². The van der Waals surface area contributed by atoms with Crippen molar-refractivity contribution in [2.75, 3.05) is 0 Å². The van der Waals surface area contributed by atoms with Crippen molar-refractivity contribution in [3.8, 4) is 11.3 Å². The maximum atomic E-state index is 6.26. The number of hydrogen-bond acceptors (Lipinski definition) is 2. The average Bonchev–Trinajstić information content (AvgIpc) is 3.07. The molecule has 0 aliphatic heterocycles. The molecule has 0 saturated heterocycles. The van der Waals surface area contributed by atoms with Gasteiger partial charge < -0.3 is 5.73 Å². The smallest absolute Gasteiger partial charge is 0.102 e. The van der Waals surface area contributed by atoms with E-state index in [0.29, 0.717) is 6.04 Å². The van der Waals surface area contributed by atoms with Gasteiger partial charge in [0.1, 0.15) is 5.69 Å². The van der Waals surface area contributed by atoms with Gasteiger partial charge >= 0.3 is 0 Å². The number of nitrogens with zero attached hydrogens (tertiary/aromatic N) is 2. The van der Waals surface area contributed by atoms with Gasteiger partial charge in [-0.25, -0.2) is 0 Å². The molecule has 1 atom stereocenters. The molecule has 0 saturated carbocycles. The molecule has 0 bridgehead atoms. The van der Waals surface area contributed by atoms with Gasteiger partial charge in [0.2, 0.25) is 0 Å². The Morgan fingerprint density at radius 1 is 1.03 bits per heavy atom. The molecule has 3 heteroatoms. The van der Waals surface area contributed by atoms with E-state index in [1.165, 1.54) is 24.0 Å². The van der Waals surface area contributed by atoms with Crippen molar-refractivity contribution >= 4 is 12.3 Å². The first-order valence-corrected chi connectivity index (χ1v) is 10.7. The van der Waals surface area contributed by atoms with Crippen molar-refractivity contribution in [2.45, 2.75) is 58.9 Å². The van der Waals surface area contributed by atoms with E-state index < -0.39 is 0 Å². The molecule has 3 nitrogen and oxygen atoms in total. The highest BCUT2D eigenvalue weighted by molar-refractivity contribution is 5.63. The zero-order chi connectivity index (χ0) is 20.8. The van der Waals surface area contributed by atoms with E-state index in [9.17, 15) is 0 Å². The molecule has 152 valence electrons. The number of rotatable bonds is 8. The fourth-order valence-electron chi connectivity index (χ4n) is 3.94. The third kappa shape index (κ3) is 4.79. The van der Waals surface area contributed by atoms with E-state index >= 15 is 0 Å². The van der Waals surface area contributed by atoms with Crippen LogP contribution in [0.1, 0.15) is 63.6 Å². The van der Waals surface area contributed by atoms with Crippen LogP contribution in [0.25, 0.3) is 23.5 Å². The van der Waals surface area contributed by atoms with Gasteiger partial charge in [-0.2, -0.15) is 5.10 Å². The molecule has 2 aromatic carbocycles. The van der Waals surface area contributed by atoms with Crippen LogP contribution in [-0.2, 0) is 6.42 Å². The van der Waals surface area contributed by atoms with Crippen molar-refractivity contribution in [1.29, 1.82) is 0 Å². The first kappa shape index (κ1) is 20.9. The van der Waals surface area contributed by atoms with Crippen LogP contribution < -0.4 is 16.3 Å². The monoisotopic (exact) mass is 387 g/mol. The molecule has 29 heavy (non-hydrogen) atoms. The summed E-state index contributed by atoms with van der Waals surface area (Å²) in [6.07, 6.45) is 5.48. The molecular formula is C26H33N3. The van der Waals surface area contributed by atoms with Gasteiger partial charge in [0.05, 0.1) is 11.4 Å². The van der Waals surface area contributed by atoms with E-state index in [2.05, 4.69) is 79.7 Å². The van der Waals surface area contributed by atoms with Crippen LogP contribution >= 0.6 is 0 Å². The van der Waals surface area contributed by atoms with Crippen molar-refractivity contribution < 1.29 is 0 Å². The van der Waals surface area contributed by atoms with Crippen molar-refractivity contribution in [3.05, 3.63) is 76.3 Å². The molecule has 0 aliphatic carbocycles. The van der Waals surface area contributed by atoms with Crippen molar-refractivity contribution in [2.24, 2.45) is 5.73 Å². The Bertz CT molecular complexity index is 1030. The van der Waals surface area contributed by atoms with Gasteiger partial charge in [0.25, 0.3) is 0 Å². The number of benzene rings is 2. The number of aromatic nitrogens is 2. The number of unbranched alkanes of at least 4 members (excludes halogenated alkanes) is 1. The second-order valence-corrected chi connectivity index (χ2v) is 7.86. The average molecular weight is 388 g/mol. The van der Waals surface area contributed by atoms with E-state index in [1.807, 2.05) is 6.92 Å². The summed E-state index contributed by atoms with van der Waals surface area (Å²) in [5.74, 6) is 0. The number of nitrogens with two attached hydrogens (primary N) is 1. The Labute approximate surface area is 174 Å². The van der Waals surface area contributed by atoms with Crippen LogP contribution in [0.15, 0.2) is 54.6 Å². The Morgan fingerprint density at radius 3 is 2.28 bits per heavy atom. The molecule has 3 rings (SSSR count). The molecule has 0 spiro atoms. The predicted octanol–water partition coefficient (Wildman–Crippen LogP) is 4.78. The summed E-state index contributed by atoms with van der Waals surface area (Å²) in [7, 11) is 0. The van der Waals surface area contributed by atoms with E-state index in [4.69, 9.17) is 10.8 Å². The summed E-state index contributed by atoms with van der Waals surface area (Å²) in [6, 6.07) is 19.6. The van der Waals surface area contributed by atoms with Gasteiger partial charge in [0.15, 0.2) is 0 Å². The molecule has 1 aromatic heterocycles. The summed E-state index contributed by atoms with van der Waals surface area (Å²) >= 11 is 0. The topological polar surface area (TPSA) is 43.8 Å². The molecular weight excluding hydrogens is 354 g/mol. The van der Waals surface area contributed by atoms with Crippen LogP contribution in [0.2, 0.25) is 0 Å². The summed E-state index contributed by atoms with van der Waals surface area (Å²) in [6.45, 7) is 10.7. The minimum absolute atomic E-state index is 0.367. The predicted molar refractivity (Wildman–Crippen MR) is 124 cm³/mol. The second kappa shape index (κ2) is 9.60. The largest absolute Gasteiger partial charge is 0.402 e. The first-order valence-electron chi connectivity index (χ1n) is 10.7. The van der Waals surface area contributed by atoms with Crippen LogP contribution in [0, 0.1) is 0 Å². The lowest BCUT2D eigenvalue weighted by Crippen LogP contribution is -2.33. The van der Waals surface area contributed by atoms with Gasteiger partial charge in [-0.1, -0.05) is 87.9 Å². The molecule has 0 fully saturated rings. The van der Waals surface area contributed by atoms with Gasteiger partial charge in [-0.3, -0.25) is 4.68 Å². The van der Waals surface area contributed by atoms with Crippen LogP contribution in [0.5, 0.6) is 0 Å². The molecule has 0 unspecified atom stereocenters. The van der Waals surface area contributed by atoms with Gasteiger partial charge in [0, 0.05) is 16.5 Å². The van der Waals surface area contributed by atoms with E-state index in [0.717, 1.165) is 46.8 Å². The molecule has 0 aliphatic rings. The zero-order valence-electron chi connectivity index (χ0n) is 18.0. The van der Waals surface area contributed by atoms with Gasteiger partial charge in [-0.15, -0.1) is 0 Å². The molecule has 0 amide bonds. The fourth-order valence-corrected chi connectivity index (χ4v) is 3.94. The third-order valence-corrected chi connectivity index (χ3v) is 5.59. The minimum atomic E-state index is 0.367.